The standard InChI is InChI=1S/C22H20O10/c1-10(23)29-14-8-17(28-4)19-18(9-14)32-22(21(27)20(19)26)13-5-6-15(30-11(2)24)16(7-13)31-12(3)25/h5-9,21-22,27H,1-4H3/t21-,22+/m0/s1. The molecule has 0 aromatic heterocycles. The third kappa shape index (κ3) is 4.70. The zero-order valence-electron chi connectivity index (χ0n) is 17.7. The first-order valence-corrected chi connectivity index (χ1v) is 9.41. The van der Waals surface area contributed by atoms with Crippen LogP contribution in [0.1, 0.15) is 42.8 Å². The van der Waals surface area contributed by atoms with Crippen molar-refractivity contribution in [2.24, 2.45) is 0 Å². The van der Waals surface area contributed by atoms with Crippen LogP contribution in [-0.4, -0.2) is 42.0 Å². The van der Waals surface area contributed by atoms with Gasteiger partial charge in [0.05, 0.1) is 7.11 Å². The van der Waals surface area contributed by atoms with Gasteiger partial charge in [-0.05, 0) is 17.7 Å². The number of aliphatic hydroxyl groups excluding tert-OH is 1. The highest BCUT2D eigenvalue weighted by Gasteiger charge is 2.40. The minimum Gasteiger partial charge on any atom is -0.496 e. The van der Waals surface area contributed by atoms with Crippen LogP contribution in [-0.2, 0) is 14.4 Å². The fourth-order valence-electron chi connectivity index (χ4n) is 3.20. The summed E-state index contributed by atoms with van der Waals surface area (Å²) >= 11 is 0. The van der Waals surface area contributed by atoms with E-state index in [-0.39, 0.29) is 39.9 Å². The SMILES string of the molecule is COc1cc(OC(C)=O)cc2c1C(=O)[C@H](O)[C@@H](c1ccc(OC(C)=O)c(OC(C)=O)c1)O2. The molecule has 1 aliphatic rings. The maximum absolute atomic E-state index is 12.9. The number of aliphatic hydroxyl groups is 1. The van der Waals surface area contributed by atoms with Gasteiger partial charge in [0.25, 0.3) is 0 Å². The molecule has 0 bridgehead atoms. The molecular formula is C22H20O10. The van der Waals surface area contributed by atoms with Crippen molar-refractivity contribution in [3.05, 3.63) is 41.5 Å². The number of methoxy groups -OCH3 is 1. The zero-order valence-corrected chi connectivity index (χ0v) is 17.7. The average molecular weight is 444 g/mol. The van der Waals surface area contributed by atoms with Crippen molar-refractivity contribution in [2.75, 3.05) is 7.11 Å². The maximum Gasteiger partial charge on any atom is 0.308 e. The van der Waals surface area contributed by atoms with Gasteiger partial charge in [-0.15, -0.1) is 0 Å². The van der Waals surface area contributed by atoms with E-state index >= 15 is 0 Å². The lowest BCUT2D eigenvalue weighted by Gasteiger charge is -2.31. The molecule has 1 N–H and O–H groups in total. The largest absolute Gasteiger partial charge is 0.496 e. The summed E-state index contributed by atoms with van der Waals surface area (Å²) in [6.45, 7) is 3.56. The van der Waals surface area contributed by atoms with Crippen molar-refractivity contribution in [1.82, 2.24) is 0 Å². The van der Waals surface area contributed by atoms with Crippen LogP contribution in [0.4, 0.5) is 0 Å². The van der Waals surface area contributed by atoms with Crippen LogP contribution in [0.5, 0.6) is 28.7 Å². The first-order chi connectivity index (χ1) is 15.1. The highest BCUT2D eigenvalue weighted by atomic mass is 16.6. The number of Topliss-reactive ketones (excluding diaryl/α,β-unsaturated/α-hetero) is 1. The Labute approximate surface area is 182 Å². The normalized spacial score (nSPS) is 17.0. The third-order valence-corrected chi connectivity index (χ3v) is 4.38. The summed E-state index contributed by atoms with van der Waals surface area (Å²) < 4.78 is 26.2. The van der Waals surface area contributed by atoms with E-state index in [4.69, 9.17) is 23.7 Å². The fourth-order valence-corrected chi connectivity index (χ4v) is 3.20. The predicted octanol–water partition coefficient (Wildman–Crippen LogP) is 2.15. The van der Waals surface area contributed by atoms with Crippen molar-refractivity contribution in [3.63, 3.8) is 0 Å². The van der Waals surface area contributed by atoms with E-state index in [9.17, 15) is 24.3 Å². The van der Waals surface area contributed by atoms with Gasteiger partial charge in [0, 0.05) is 32.9 Å². The van der Waals surface area contributed by atoms with Gasteiger partial charge in [-0.1, -0.05) is 6.07 Å². The number of carbonyl (C=O) groups is 4. The number of carbonyl (C=O) groups excluding carboxylic acids is 4. The highest BCUT2D eigenvalue weighted by Crippen LogP contribution is 2.43. The van der Waals surface area contributed by atoms with Gasteiger partial charge in [0.15, 0.2) is 23.7 Å². The third-order valence-electron chi connectivity index (χ3n) is 4.38. The number of benzene rings is 2. The molecule has 2 aromatic carbocycles. The molecule has 32 heavy (non-hydrogen) atoms. The Bertz CT molecular complexity index is 1100. The van der Waals surface area contributed by atoms with Gasteiger partial charge in [-0.3, -0.25) is 19.2 Å². The molecule has 0 unspecified atom stereocenters. The second-order valence-corrected chi connectivity index (χ2v) is 6.83. The molecule has 0 spiro atoms. The number of rotatable bonds is 5. The van der Waals surface area contributed by atoms with Gasteiger partial charge in [0.1, 0.15) is 22.8 Å². The topological polar surface area (TPSA) is 135 Å². The van der Waals surface area contributed by atoms with Crippen LogP contribution in [0.2, 0.25) is 0 Å². The summed E-state index contributed by atoms with van der Waals surface area (Å²) in [4.78, 5) is 47.0. The first kappa shape index (κ1) is 22.8. The lowest BCUT2D eigenvalue weighted by atomic mass is 9.92. The Kier molecular flexibility index (Phi) is 6.45. The van der Waals surface area contributed by atoms with Crippen LogP contribution in [0.3, 0.4) is 0 Å². The van der Waals surface area contributed by atoms with E-state index in [1.54, 1.807) is 0 Å². The van der Waals surface area contributed by atoms with Crippen molar-refractivity contribution in [3.8, 4) is 28.7 Å². The maximum atomic E-state index is 12.9. The van der Waals surface area contributed by atoms with Crippen LogP contribution >= 0.6 is 0 Å². The van der Waals surface area contributed by atoms with E-state index in [2.05, 4.69) is 0 Å². The predicted molar refractivity (Wildman–Crippen MR) is 107 cm³/mol. The highest BCUT2D eigenvalue weighted by molar-refractivity contribution is 6.05. The smallest absolute Gasteiger partial charge is 0.308 e. The number of hydrogen-bond acceptors (Lipinski definition) is 10. The number of ether oxygens (including phenoxy) is 5. The molecule has 0 saturated heterocycles. The van der Waals surface area contributed by atoms with E-state index in [0.29, 0.717) is 0 Å². The van der Waals surface area contributed by atoms with Gasteiger partial charge >= 0.3 is 17.9 Å². The van der Waals surface area contributed by atoms with Crippen molar-refractivity contribution in [2.45, 2.75) is 33.0 Å². The lowest BCUT2D eigenvalue weighted by molar-refractivity contribution is -0.134. The van der Waals surface area contributed by atoms with Gasteiger partial charge in [-0.2, -0.15) is 0 Å². The molecule has 0 aliphatic carbocycles. The van der Waals surface area contributed by atoms with Crippen LogP contribution in [0.15, 0.2) is 30.3 Å². The number of hydrogen-bond donors (Lipinski definition) is 1. The Morgan fingerprint density at radius 1 is 0.875 bits per heavy atom. The molecule has 3 rings (SSSR count). The minimum atomic E-state index is -1.62. The fraction of sp³-hybridized carbons (Fsp3) is 0.273. The second-order valence-electron chi connectivity index (χ2n) is 6.83. The molecule has 2 atom stereocenters. The van der Waals surface area contributed by atoms with E-state index < -0.39 is 35.9 Å². The van der Waals surface area contributed by atoms with E-state index in [1.807, 2.05) is 0 Å². The molecule has 0 amide bonds. The molecule has 168 valence electrons. The van der Waals surface area contributed by atoms with Gasteiger partial charge < -0.3 is 28.8 Å². The molecular weight excluding hydrogens is 424 g/mol. The minimum absolute atomic E-state index is 0.0103. The molecule has 0 fully saturated rings. The summed E-state index contributed by atoms with van der Waals surface area (Å²) in [6, 6.07) is 6.78. The summed E-state index contributed by atoms with van der Waals surface area (Å²) in [7, 11) is 1.32. The molecule has 0 radical (unpaired) electrons. The van der Waals surface area contributed by atoms with E-state index in [0.717, 1.165) is 0 Å². The van der Waals surface area contributed by atoms with Crippen molar-refractivity contribution >= 4 is 23.7 Å². The summed E-state index contributed by atoms with van der Waals surface area (Å²) in [5.41, 5.74) is 0.254. The Morgan fingerprint density at radius 3 is 2.09 bits per heavy atom. The summed E-state index contributed by atoms with van der Waals surface area (Å²) in [6.07, 6.45) is -2.83. The zero-order chi connectivity index (χ0) is 23.6. The Balaban J connectivity index is 2.05. The van der Waals surface area contributed by atoms with Crippen LogP contribution in [0.25, 0.3) is 0 Å². The molecule has 1 aliphatic heterocycles. The summed E-state index contributed by atoms with van der Waals surface area (Å²) in [5.74, 6) is -2.50. The molecule has 0 saturated carbocycles. The van der Waals surface area contributed by atoms with Crippen LogP contribution in [0, 0.1) is 0 Å². The van der Waals surface area contributed by atoms with Crippen molar-refractivity contribution in [1.29, 1.82) is 0 Å². The molecule has 10 nitrogen and oxygen atoms in total. The Hall–Kier alpha value is -3.92. The number of fused-ring (bicyclic) bond motifs is 1. The second kappa shape index (κ2) is 9.06. The summed E-state index contributed by atoms with van der Waals surface area (Å²) in [5, 5.41) is 10.7. The number of esters is 3. The monoisotopic (exact) mass is 444 g/mol. The molecule has 1 heterocycles. The van der Waals surface area contributed by atoms with Gasteiger partial charge in [0.2, 0.25) is 5.78 Å². The molecule has 10 heteroatoms. The molecule has 2 aromatic rings. The van der Waals surface area contributed by atoms with Crippen molar-refractivity contribution < 1.29 is 48.0 Å². The van der Waals surface area contributed by atoms with Gasteiger partial charge in [-0.25, -0.2) is 0 Å². The van der Waals surface area contributed by atoms with E-state index in [1.165, 1.54) is 58.2 Å². The first-order valence-electron chi connectivity index (χ1n) is 9.41. The quantitative estimate of drug-likeness (QED) is 0.540. The lowest BCUT2D eigenvalue weighted by Crippen LogP contribution is -2.36. The average Bonchev–Trinajstić information content (AvgIpc) is 2.70. The van der Waals surface area contributed by atoms with Crippen LogP contribution < -0.4 is 23.7 Å². The number of ketones is 1. The Morgan fingerprint density at radius 2 is 1.50 bits per heavy atom.